The highest BCUT2D eigenvalue weighted by Gasteiger charge is 2.15. The van der Waals surface area contributed by atoms with E-state index in [1.807, 2.05) is 26.0 Å². The quantitative estimate of drug-likeness (QED) is 0.593. The number of hydrogen-bond acceptors (Lipinski definition) is 5. The monoisotopic (exact) mass is 403 g/mol. The minimum atomic E-state index is -2.92. The predicted octanol–water partition coefficient (Wildman–Crippen LogP) is 4.38. The van der Waals surface area contributed by atoms with Gasteiger partial charge in [-0.05, 0) is 49.2 Å². The fourth-order valence-electron chi connectivity index (χ4n) is 2.79. The van der Waals surface area contributed by atoms with Gasteiger partial charge in [0.05, 0.1) is 12.7 Å². The van der Waals surface area contributed by atoms with E-state index in [4.69, 9.17) is 9.15 Å². The molecule has 0 aliphatic heterocycles. The van der Waals surface area contributed by atoms with Crippen LogP contribution in [-0.2, 0) is 20.7 Å². The number of esters is 1. The molecule has 0 spiro atoms. The average molecular weight is 403 g/mol. The highest BCUT2D eigenvalue weighted by molar-refractivity contribution is 5.93. The van der Waals surface area contributed by atoms with E-state index < -0.39 is 25.1 Å². The van der Waals surface area contributed by atoms with Gasteiger partial charge >= 0.3 is 12.6 Å². The Morgan fingerprint density at radius 1 is 1.10 bits per heavy atom. The van der Waals surface area contributed by atoms with Crippen molar-refractivity contribution in [3.8, 4) is 5.75 Å². The van der Waals surface area contributed by atoms with Crippen molar-refractivity contribution in [3.05, 3.63) is 59.4 Å². The molecule has 0 unspecified atom stereocenters. The maximum absolute atomic E-state index is 12.1. The molecule has 0 saturated heterocycles. The molecule has 3 aromatic rings. The minimum Gasteiger partial charge on any atom is -0.464 e. The van der Waals surface area contributed by atoms with Crippen molar-refractivity contribution >= 4 is 28.5 Å². The summed E-state index contributed by atoms with van der Waals surface area (Å²) >= 11 is 0. The Hall–Kier alpha value is -3.42. The summed E-state index contributed by atoms with van der Waals surface area (Å²) in [5.74, 6) is -1.15. The van der Waals surface area contributed by atoms with Crippen LogP contribution in [0.15, 0.2) is 47.1 Å². The lowest BCUT2D eigenvalue weighted by molar-refractivity contribution is -0.146. The first-order valence-corrected chi connectivity index (χ1v) is 8.80. The van der Waals surface area contributed by atoms with E-state index in [2.05, 4.69) is 10.1 Å². The number of fused-ring (bicyclic) bond motifs is 1. The summed E-state index contributed by atoms with van der Waals surface area (Å²) < 4.78 is 39.0. The third-order valence-electron chi connectivity index (χ3n) is 4.40. The van der Waals surface area contributed by atoms with Crippen LogP contribution in [0.25, 0.3) is 11.0 Å². The number of benzene rings is 2. The molecule has 29 heavy (non-hydrogen) atoms. The Labute approximate surface area is 165 Å². The number of carbonyl (C=O) groups excluding carboxylic acids is 2. The second kappa shape index (κ2) is 8.72. The van der Waals surface area contributed by atoms with E-state index in [-0.39, 0.29) is 12.2 Å². The lowest BCUT2D eigenvalue weighted by Gasteiger charge is -2.08. The molecular formula is C21H19F2NO5. The molecule has 1 amide bonds. The first-order valence-electron chi connectivity index (χ1n) is 8.80. The van der Waals surface area contributed by atoms with Crippen LogP contribution >= 0.6 is 0 Å². The maximum atomic E-state index is 12.1. The molecule has 0 atom stereocenters. The molecular weight excluding hydrogens is 384 g/mol. The van der Waals surface area contributed by atoms with Crippen LogP contribution in [-0.4, -0.2) is 25.1 Å². The van der Waals surface area contributed by atoms with Crippen molar-refractivity contribution in [2.45, 2.75) is 26.9 Å². The molecule has 0 radical (unpaired) electrons. The van der Waals surface area contributed by atoms with Crippen LogP contribution in [0.3, 0.4) is 0 Å². The highest BCUT2D eigenvalue weighted by atomic mass is 19.3. The van der Waals surface area contributed by atoms with Gasteiger partial charge in [0.15, 0.2) is 6.61 Å². The molecule has 1 heterocycles. The topological polar surface area (TPSA) is 77.8 Å². The maximum Gasteiger partial charge on any atom is 0.387 e. The molecule has 2 aromatic carbocycles. The predicted molar refractivity (Wildman–Crippen MR) is 102 cm³/mol. The number of rotatable bonds is 7. The van der Waals surface area contributed by atoms with E-state index in [1.165, 1.54) is 30.5 Å². The lowest BCUT2D eigenvalue weighted by atomic mass is 10.0. The Balaban J connectivity index is 1.52. The number of hydrogen-bond donors (Lipinski definition) is 1. The first kappa shape index (κ1) is 20.3. The smallest absolute Gasteiger partial charge is 0.387 e. The van der Waals surface area contributed by atoms with Gasteiger partial charge in [0, 0.05) is 16.6 Å². The zero-order chi connectivity index (χ0) is 21.0. The van der Waals surface area contributed by atoms with Crippen molar-refractivity contribution < 1.29 is 32.3 Å². The third-order valence-corrected chi connectivity index (χ3v) is 4.40. The van der Waals surface area contributed by atoms with Crippen LogP contribution in [0.1, 0.15) is 16.7 Å². The van der Waals surface area contributed by atoms with E-state index in [9.17, 15) is 18.4 Å². The molecule has 8 heteroatoms. The second-order valence-electron chi connectivity index (χ2n) is 6.43. The number of furan rings is 1. The van der Waals surface area contributed by atoms with Crippen LogP contribution in [0.4, 0.5) is 14.5 Å². The Bertz CT molecular complexity index is 1030. The minimum absolute atomic E-state index is 0.0254. The van der Waals surface area contributed by atoms with E-state index >= 15 is 0 Å². The molecule has 6 nitrogen and oxygen atoms in total. The van der Waals surface area contributed by atoms with Crippen LogP contribution < -0.4 is 10.1 Å². The van der Waals surface area contributed by atoms with E-state index in [0.29, 0.717) is 11.3 Å². The van der Waals surface area contributed by atoms with E-state index in [0.717, 1.165) is 22.1 Å². The zero-order valence-corrected chi connectivity index (χ0v) is 15.8. The summed E-state index contributed by atoms with van der Waals surface area (Å²) in [4.78, 5) is 24.0. The van der Waals surface area contributed by atoms with Crippen LogP contribution in [0.5, 0.6) is 5.75 Å². The van der Waals surface area contributed by atoms with Crippen LogP contribution in [0.2, 0.25) is 0 Å². The van der Waals surface area contributed by atoms with Crippen molar-refractivity contribution in [3.63, 3.8) is 0 Å². The molecule has 0 saturated carbocycles. The number of alkyl halides is 2. The largest absolute Gasteiger partial charge is 0.464 e. The first-order chi connectivity index (χ1) is 13.8. The Morgan fingerprint density at radius 3 is 2.52 bits per heavy atom. The van der Waals surface area contributed by atoms with Gasteiger partial charge in [-0.1, -0.05) is 12.1 Å². The van der Waals surface area contributed by atoms with Gasteiger partial charge in [0.1, 0.15) is 11.3 Å². The van der Waals surface area contributed by atoms with Gasteiger partial charge in [-0.15, -0.1) is 0 Å². The standard InChI is InChI=1S/C21H19F2NO5/c1-12-3-8-17-14(10-28-20(17)13(12)2)9-19(26)27-11-18(25)24-15-4-6-16(7-5-15)29-21(22)23/h3-8,10,21H,9,11H2,1-2H3,(H,24,25). The summed E-state index contributed by atoms with van der Waals surface area (Å²) in [7, 11) is 0. The summed E-state index contributed by atoms with van der Waals surface area (Å²) in [6.07, 6.45) is 1.49. The molecule has 0 bridgehead atoms. The summed E-state index contributed by atoms with van der Waals surface area (Å²) in [6.45, 7) is 0.528. The number of aryl methyl sites for hydroxylation is 2. The Kier molecular flexibility index (Phi) is 6.11. The molecule has 0 fully saturated rings. The summed E-state index contributed by atoms with van der Waals surface area (Å²) in [6, 6.07) is 9.23. The zero-order valence-electron chi connectivity index (χ0n) is 15.8. The van der Waals surface area contributed by atoms with Crippen molar-refractivity contribution in [1.82, 2.24) is 0 Å². The third kappa shape index (κ3) is 5.10. The van der Waals surface area contributed by atoms with Gasteiger partial charge in [-0.3, -0.25) is 9.59 Å². The normalized spacial score (nSPS) is 10.9. The number of ether oxygens (including phenoxy) is 2. The number of anilines is 1. The summed E-state index contributed by atoms with van der Waals surface area (Å²) in [5, 5.41) is 3.34. The van der Waals surface area contributed by atoms with Gasteiger partial charge in [-0.2, -0.15) is 8.78 Å². The fourth-order valence-corrected chi connectivity index (χ4v) is 2.79. The number of nitrogens with one attached hydrogen (secondary N) is 1. The number of amides is 1. The summed E-state index contributed by atoms with van der Waals surface area (Å²) in [5.41, 5.74) is 3.87. The second-order valence-corrected chi connectivity index (χ2v) is 6.43. The molecule has 152 valence electrons. The Morgan fingerprint density at radius 2 is 1.83 bits per heavy atom. The van der Waals surface area contributed by atoms with Gasteiger partial charge in [0.25, 0.3) is 5.91 Å². The molecule has 1 aromatic heterocycles. The van der Waals surface area contributed by atoms with Crippen molar-refractivity contribution in [2.75, 3.05) is 11.9 Å². The molecule has 0 aliphatic rings. The molecule has 1 N–H and O–H groups in total. The van der Waals surface area contributed by atoms with Crippen molar-refractivity contribution in [2.24, 2.45) is 0 Å². The number of carbonyl (C=O) groups is 2. The van der Waals surface area contributed by atoms with Gasteiger partial charge in [0.2, 0.25) is 0 Å². The average Bonchev–Trinajstić information content (AvgIpc) is 3.07. The lowest BCUT2D eigenvalue weighted by Crippen LogP contribution is -2.21. The highest BCUT2D eigenvalue weighted by Crippen LogP contribution is 2.27. The van der Waals surface area contributed by atoms with Gasteiger partial charge < -0.3 is 19.2 Å². The van der Waals surface area contributed by atoms with E-state index in [1.54, 1.807) is 0 Å². The molecule has 3 rings (SSSR count). The number of halogens is 2. The molecule has 0 aliphatic carbocycles. The van der Waals surface area contributed by atoms with Gasteiger partial charge in [-0.25, -0.2) is 0 Å². The van der Waals surface area contributed by atoms with Crippen molar-refractivity contribution in [1.29, 1.82) is 0 Å². The van der Waals surface area contributed by atoms with Crippen LogP contribution in [0, 0.1) is 13.8 Å². The fraction of sp³-hybridized carbons (Fsp3) is 0.238. The SMILES string of the molecule is Cc1ccc2c(CC(=O)OCC(=O)Nc3ccc(OC(F)F)cc3)coc2c1C.